The Balaban J connectivity index is 3.10. The number of carboxylic acids is 1. The van der Waals surface area contributed by atoms with Crippen LogP contribution in [-0.2, 0) is 0 Å². The quantitative estimate of drug-likeness (QED) is 0.355. The summed E-state index contributed by atoms with van der Waals surface area (Å²) in [6, 6.07) is 1.67. The van der Waals surface area contributed by atoms with E-state index in [4.69, 9.17) is 11.5 Å². The van der Waals surface area contributed by atoms with Crippen molar-refractivity contribution in [1.82, 2.24) is 0 Å². The van der Waals surface area contributed by atoms with Gasteiger partial charge < -0.3 is 16.6 Å². The van der Waals surface area contributed by atoms with E-state index in [1.165, 1.54) is 0 Å². The lowest BCUT2D eigenvalue weighted by molar-refractivity contribution is 0.0697. The summed E-state index contributed by atoms with van der Waals surface area (Å²) in [5.41, 5.74) is 12.7. The molecular weight excluding hydrogens is 304 g/mol. The number of carbonyl (C=O) groups is 1. The van der Waals surface area contributed by atoms with Gasteiger partial charge in [-0.05, 0) is 30.4 Å². The number of anilines is 2. The molecule has 21 heavy (non-hydrogen) atoms. The zero-order chi connectivity index (χ0) is 15.8. The molecule has 0 atom stereocenters. The van der Waals surface area contributed by atoms with Crippen LogP contribution in [0.4, 0.5) is 11.4 Å². The van der Waals surface area contributed by atoms with E-state index in [-0.39, 0.29) is 11.3 Å². The molecule has 0 fully saturated rings. The van der Waals surface area contributed by atoms with Crippen LogP contribution in [0, 0.1) is 0 Å². The van der Waals surface area contributed by atoms with Gasteiger partial charge in [-0.2, -0.15) is 0 Å². The number of aromatic carboxylic acids is 1. The van der Waals surface area contributed by atoms with Gasteiger partial charge in [0.1, 0.15) is 0 Å². The highest BCUT2D eigenvalue weighted by Gasteiger charge is 2.18. The normalized spacial score (nSPS) is 10.8. The van der Waals surface area contributed by atoms with Crippen molar-refractivity contribution in [3.05, 3.63) is 11.6 Å². The third-order valence-corrected chi connectivity index (χ3v) is 5.53. The highest BCUT2D eigenvalue weighted by Crippen LogP contribution is 2.41. The first kappa shape index (κ1) is 18.0. The minimum absolute atomic E-state index is 0.103. The summed E-state index contributed by atoms with van der Waals surface area (Å²) < 4.78 is 0. The number of thioether (sulfide) groups is 2. The Hall–Kier alpha value is -1.01. The molecule has 1 aromatic carbocycles. The SMILES string of the molecule is CCCCSc1cc(C(=O)O)c(N)c(N)c1SCCCC. The molecule has 0 spiro atoms. The predicted molar refractivity (Wildman–Crippen MR) is 93.5 cm³/mol. The topological polar surface area (TPSA) is 89.3 Å². The summed E-state index contributed by atoms with van der Waals surface area (Å²) in [7, 11) is 0. The average Bonchev–Trinajstić information content (AvgIpc) is 2.45. The van der Waals surface area contributed by atoms with Gasteiger partial charge in [-0.3, -0.25) is 0 Å². The Morgan fingerprint density at radius 3 is 2.19 bits per heavy atom. The molecular formula is C15H24N2O2S2. The number of hydrogen-bond acceptors (Lipinski definition) is 5. The Morgan fingerprint density at radius 1 is 1.10 bits per heavy atom. The van der Waals surface area contributed by atoms with Gasteiger partial charge in [-0.15, -0.1) is 23.5 Å². The fraction of sp³-hybridized carbons (Fsp3) is 0.533. The van der Waals surface area contributed by atoms with E-state index >= 15 is 0 Å². The fourth-order valence-corrected chi connectivity index (χ4v) is 4.31. The van der Waals surface area contributed by atoms with Crippen molar-refractivity contribution >= 4 is 40.9 Å². The zero-order valence-electron chi connectivity index (χ0n) is 12.6. The van der Waals surface area contributed by atoms with Gasteiger partial charge in [0.25, 0.3) is 0 Å². The standard InChI is InChI=1S/C15H24N2O2S2/c1-3-5-7-20-11-9-10(15(18)19)12(16)13(17)14(11)21-8-6-4-2/h9H,3-8,16-17H2,1-2H3,(H,18,19). The monoisotopic (exact) mass is 328 g/mol. The molecule has 0 aliphatic rings. The smallest absolute Gasteiger partial charge is 0.337 e. The maximum absolute atomic E-state index is 11.3. The van der Waals surface area contributed by atoms with Gasteiger partial charge in [0.2, 0.25) is 0 Å². The third kappa shape index (κ3) is 5.04. The number of rotatable bonds is 9. The summed E-state index contributed by atoms with van der Waals surface area (Å²) >= 11 is 3.34. The van der Waals surface area contributed by atoms with Crippen molar-refractivity contribution < 1.29 is 9.90 Å². The van der Waals surface area contributed by atoms with E-state index in [2.05, 4.69) is 13.8 Å². The average molecular weight is 329 g/mol. The molecule has 0 aromatic heterocycles. The van der Waals surface area contributed by atoms with Crippen molar-refractivity contribution in [2.24, 2.45) is 0 Å². The molecule has 5 N–H and O–H groups in total. The van der Waals surface area contributed by atoms with Crippen LogP contribution in [0.2, 0.25) is 0 Å². The molecule has 1 aromatic rings. The van der Waals surface area contributed by atoms with Gasteiger partial charge in [0.05, 0.1) is 16.9 Å². The van der Waals surface area contributed by atoms with Crippen LogP contribution in [0.3, 0.4) is 0 Å². The summed E-state index contributed by atoms with van der Waals surface area (Å²) in [5, 5.41) is 9.24. The van der Waals surface area contributed by atoms with E-state index in [9.17, 15) is 9.90 Å². The third-order valence-electron chi connectivity index (χ3n) is 3.05. The fourth-order valence-electron chi connectivity index (χ4n) is 1.75. The highest BCUT2D eigenvalue weighted by atomic mass is 32.2. The summed E-state index contributed by atoms with van der Waals surface area (Å²) in [6.45, 7) is 4.28. The highest BCUT2D eigenvalue weighted by molar-refractivity contribution is 8.02. The lowest BCUT2D eigenvalue weighted by Crippen LogP contribution is -2.08. The molecule has 6 heteroatoms. The largest absolute Gasteiger partial charge is 0.478 e. The molecule has 0 amide bonds. The van der Waals surface area contributed by atoms with Crippen molar-refractivity contribution in [3.8, 4) is 0 Å². The second-order valence-electron chi connectivity index (χ2n) is 4.79. The maximum atomic E-state index is 11.3. The molecule has 0 saturated carbocycles. The molecule has 0 aliphatic heterocycles. The Labute approximate surface area is 135 Å². The predicted octanol–water partition coefficient (Wildman–Crippen LogP) is 4.33. The van der Waals surface area contributed by atoms with Gasteiger partial charge >= 0.3 is 5.97 Å². The molecule has 1 rings (SSSR count). The Morgan fingerprint density at radius 2 is 1.67 bits per heavy atom. The minimum atomic E-state index is -1.03. The van der Waals surface area contributed by atoms with Crippen LogP contribution in [0.25, 0.3) is 0 Å². The molecule has 0 radical (unpaired) electrons. The van der Waals surface area contributed by atoms with E-state index < -0.39 is 5.97 Å². The van der Waals surface area contributed by atoms with Crippen LogP contribution < -0.4 is 11.5 Å². The van der Waals surface area contributed by atoms with E-state index in [0.29, 0.717) is 5.69 Å². The van der Waals surface area contributed by atoms with Gasteiger partial charge in [-0.25, -0.2) is 4.79 Å². The van der Waals surface area contributed by atoms with Crippen LogP contribution >= 0.6 is 23.5 Å². The van der Waals surface area contributed by atoms with E-state index in [1.807, 2.05) is 0 Å². The molecule has 4 nitrogen and oxygen atoms in total. The molecule has 0 bridgehead atoms. The Kier molecular flexibility index (Phi) is 7.82. The van der Waals surface area contributed by atoms with Crippen LogP contribution in [0.5, 0.6) is 0 Å². The summed E-state index contributed by atoms with van der Waals surface area (Å²) in [4.78, 5) is 13.2. The zero-order valence-corrected chi connectivity index (χ0v) is 14.3. The summed E-state index contributed by atoms with van der Waals surface area (Å²) in [5.74, 6) is 0.899. The molecule has 0 heterocycles. The lowest BCUT2D eigenvalue weighted by Gasteiger charge is -2.15. The molecule has 118 valence electrons. The van der Waals surface area contributed by atoms with Crippen molar-refractivity contribution in [3.63, 3.8) is 0 Å². The second kappa shape index (κ2) is 9.10. The molecule has 0 unspecified atom stereocenters. The minimum Gasteiger partial charge on any atom is -0.478 e. The molecule has 0 aliphatic carbocycles. The number of hydrogen-bond donors (Lipinski definition) is 3. The second-order valence-corrected chi connectivity index (χ2v) is 7.03. The van der Waals surface area contributed by atoms with Crippen LogP contribution in [0.15, 0.2) is 15.9 Å². The first-order valence-corrected chi connectivity index (χ1v) is 9.20. The van der Waals surface area contributed by atoms with Gasteiger partial charge in [0.15, 0.2) is 0 Å². The first-order valence-electron chi connectivity index (χ1n) is 7.23. The summed E-state index contributed by atoms with van der Waals surface area (Å²) in [6.07, 6.45) is 4.43. The van der Waals surface area contributed by atoms with Gasteiger partial charge in [0, 0.05) is 9.79 Å². The van der Waals surface area contributed by atoms with Crippen LogP contribution in [0.1, 0.15) is 49.9 Å². The number of nitrogens with two attached hydrogens (primary N) is 2. The van der Waals surface area contributed by atoms with Crippen LogP contribution in [-0.4, -0.2) is 22.6 Å². The molecule has 0 saturated heterocycles. The van der Waals surface area contributed by atoms with Crippen molar-refractivity contribution in [2.75, 3.05) is 23.0 Å². The number of carboxylic acid groups (broad SMARTS) is 1. The lowest BCUT2D eigenvalue weighted by atomic mass is 10.1. The maximum Gasteiger partial charge on any atom is 0.337 e. The van der Waals surface area contributed by atoms with Gasteiger partial charge in [-0.1, -0.05) is 26.7 Å². The van der Waals surface area contributed by atoms with Crippen molar-refractivity contribution in [2.45, 2.75) is 49.3 Å². The van der Waals surface area contributed by atoms with Crippen molar-refractivity contribution in [1.29, 1.82) is 0 Å². The van der Waals surface area contributed by atoms with E-state index in [1.54, 1.807) is 29.6 Å². The number of unbranched alkanes of at least 4 members (excludes halogenated alkanes) is 2. The number of nitrogen functional groups attached to an aromatic ring is 2. The number of benzene rings is 1. The van der Waals surface area contributed by atoms with E-state index in [0.717, 1.165) is 47.0 Å². The Bertz CT molecular complexity index is 493. The first-order chi connectivity index (χ1) is 10.0.